The average Bonchev–Trinajstić information content (AvgIpc) is 2.74. The lowest BCUT2D eigenvalue weighted by atomic mass is 9.76. The van der Waals surface area contributed by atoms with E-state index in [0.29, 0.717) is 0 Å². The van der Waals surface area contributed by atoms with Crippen LogP contribution in [0, 0.1) is 11.3 Å². The van der Waals surface area contributed by atoms with Gasteiger partial charge in [-0.25, -0.2) is 4.79 Å². The summed E-state index contributed by atoms with van der Waals surface area (Å²) >= 11 is 0. The fraction of sp³-hybridized carbons (Fsp3) is 0.593. The molecule has 196 valence electrons. The second kappa shape index (κ2) is 11.7. The fourth-order valence-corrected chi connectivity index (χ4v) is 4.18. The number of amides is 2. The molecule has 2 amide bonds. The molecule has 0 aliphatic rings. The molecule has 0 aliphatic carbocycles. The van der Waals surface area contributed by atoms with Gasteiger partial charge in [0.25, 0.3) is 0 Å². The van der Waals surface area contributed by atoms with Gasteiger partial charge in [-0.1, -0.05) is 66.7 Å². The summed E-state index contributed by atoms with van der Waals surface area (Å²) in [6.45, 7) is 14.8. The van der Waals surface area contributed by atoms with Crippen LogP contribution in [0.4, 0.5) is 0 Å². The van der Waals surface area contributed by atoms with Gasteiger partial charge in [0.05, 0.1) is 12.1 Å². The molecule has 0 fully saturated rings. The van der Waals surface area contributed by atoms with Gasteiger partial charge in [0.15, 0.2) is 0 Å². The van der Waals surface area contributed by atoms with Crippen LogP contribution in [0.15, 0.2) is 35.9 Å². The third-order valence-electron chi connectivity index (χ3n) is 6.52. The molecule has 3 atom stereocenters. The van der Waals surface area contributed by atoms with Crippen LogP contribution in [0.25, 0.3) is 0 Å². The van der Waals surface area contributed by atoms with Crippen molar-refractivity contribution in [1.82, 2.24) is 15.5 Å². The molecule has 0 aliphatic heterocycles. The van der Waals surface area contributed by atoms with E-state index in [1.165, 1.54) is 11.8 Å². The Hall–Kier alpha value is -2.87. The van der Waals surface area contributed by atoms with Gasteiger partial charge < -0.3 is 25.7 Å². The Morgan fingerprint density at radius 2 is 1.51 bits per heavy atom. The first-order valence-corrected chi connectivity index (χ1v) is 11.9. The van der Waals surface area contributed by atoms with Crippen molar-refractivity contribution in [3.05, 3.63) is 41.5 Å². The second-order valence-corrected chi connectivity index (χ2v) is 11.1. The number of phenols is 1. The molecule has 0 radical (unpaired) electrons. The Morgan fingerprint density at radius 1 is 1.00 bits per heavy atom. The Balaban J connectivity index is 3.30. The number of aliphatic carboxylic acids is 1. The van der Waals surface area contributed by atoms with Crippen LogP contribution < -0.4 is 10.6 Å². The zero-order chi connectivity index (χ0) is 27.3. The van der Waals surface area contributed by atoms with Gasteiger partial charge in [0.1, 0.15) is 11.8 Å². The normalized spacial score (nSPS) is 15.3. The van der Waals surface area contributed by atoms with Crippen molar-refractivity contribution >= 4 is 17.8 Å². The summed E-state index contributed by atoms with van der Waals surface area (Å²) in [6.07, 6.45) is 1.58. The Morgan fingerprint density at radius 3 is 1.91 bits per heavy atom. The van der Waals surface area contributed by atoms with Crippen LogP contribution >= 0.6 is 0 Å². The number of carbonyl (C=O) groups is 3. The molecule has 0 heterocycles. The smallest absolute Gasteiger partial charge is 0.331 e. The zero-order valence-corrected chi connectivity index (χ0v) is 22.8. The molecule has 8 nitrogen and oxygen atoms in total. The summed E-state index contributed by atoms with van der Waals surface area (Å²) in [5, 5.41) is 25.0. The summed E-state index contributed by atoms with van der Waals surface area (Å²) in [5.74, 6) is -1.55. The number of hydrogen-bond donors (Lipinski definition) is 4. The van der Waals surface area contributed by atoms with E-state index < -0.39 is 34.9 Å². The maximum absolute atomic E-state index is 13.7. The number of benzene rings is 1. The van der Waals surface area contributed by atoms with E-state index in [-0.39, 0.29) is 29.1 Å². The maximum Gasteiger partial charge on any atom is 0.331 e. The lowest BCUT2D eigenvalue weighted by Gasteiger charge is -2.40. The molecule has 4 N–H and O–H groups in total. The number of phenolic OH excluding ortho intramolecular Hbond substituents is 1. The first-order chi connectivity index (χ1) is 15.9. The molecular weight excluding hydrogens is 446 g/mol. The fourth-order valence-electron chi connectivity index (χ4n) is 4.18. The van der Waals surface area contributed by atoms with Crippen molar-refractivity contribution in [3.63, 3.8) is 0 Å². The molecule has 0 saturated carbocycles. The van der Waals surface area contributed by atoms with Gasteiger partial charge in [-0.15, -0.1) is 0 Å². The van der Waals surface area contributed by atoms with Crippen molar-refractivity contribution in [1.29, 1.82) is 0 Å². The molecule has 8 heteroatoms. The standard InChI is InChI=1S/C27H43N3O5/c1-16(2)20(15-17(3)25(34)35)30(10)24(33)22(26(4,5)6)29-23(32)21(28-9)27(7,8)18-11-13-19(31)14-12-18/h11-16,20-22,28,31H,1-10H3,(H,29,32)(H,34,35)/b17-15+. The van der Waals surface area contributed by atoms with Gasteiger partial charge in [-0.3, -0.25) is 9.59 Å². The summed E-state index contributed by atoms with van der Waals surface area (Å²) in [6, 6.07) is 4.76. The third kappa shape index (κ3) is 7.56. The number of carbonyl (C=O) groups excluding carboxylic acids is 2. The molecule has 0 aromatic heterocycles. The number of rotatable bonds is 10. The average molecular weight is 490 g/mol. The van der Waals surface area contributed by atoms with Crippen LogP contribution in [-0.2, 0) is 19.8 Å². The number of hydrogen-bond acceptors (Lipinski definition) is 5. The van der Waals surface area contributed by atoms with Crippen molar-refractivity contribution in [2.45, 2.75) is 78.9 Å². The summed E-state index contributed by atoms with van der Waals surface area (Å²) < 4.78 is 0. The molecule has 0 saturated heterocycles. The highest BCUT2D eigenvalue weighted by molar-refractivity contribution is 5.91. The maximum atomic E-state index is 13.7. The van der Waals surface area contributed by atoms with Crippen molar-refractivity contribution in [3.8, 4) is 5.75 Å². The molecule has 1 aromatic rings. The minimum Gasteiger partial charge on any atom is -0.508 e. The van der Waals surface area contributed by atoms with Crippen LogP contribution in [0.2, 0.25) is 0 Å². The minimum absolute atomic E-state index is 0.0342. The number of aromatic hydroxyl groups is 1. The topological polar surface area (TPSA) is 119 Å². The van der Waals surface area contributed by atoms with Crippen molar-refractivity contribution in [2.24, 2.45) is 11.3 Å². The lowest BCUT2D eigenvalue weighted by Crippen LogP contribution is -2.61. The number of nitrogens with one attached hydrogen (secondary N) is 2. The number of nitrogens with zero attached hydrogens (tertiary/aromatic N) is 1. The van der Waals surface area contributed by atoms with E-state index in [1.54, 1.807) is 44.4 Å². The van der Waals surface area contributed by atoms with E-state index >= 15 is 0 Å². The summed E-state index contributed by atoms with van der Waals surface area (Å²) in [5.41, 5.74) is -0.235. The molecule has 1 rings (SSSR count). The number of likely N-dealkylation sites (N-methyl/N-ethyl adjacent to an activating group) is 2. The molecular formula is C27H43N3O5. The quantitative estimate of drug-likeness (QED) is 0.375. The SMILES string of the molecule is CNC(C(=O)NC(C(=O)N(C)C(/C=C(\C)C(=O)O)C(C)C)C(C)(C)C)C(C)(C)c1ccc(O)cc1. The van der Waals surface area contributed by atoms with E-state index in [2.05, 4.69) is 10.6 Å². The van der Waals surface area contributed by atoms with E-state index in [4.69, 9.17) is 0 Å². The highest BCUT2D eigenvalue weighted by Crippen LogP contribution is 2.30. The van der Waals surface area contributed by atoms with Crippen LogP contribution in [-0.4, -0.2) is 65.1 Å². The molecule has 0 bridgehead atoms. The lowest BCUT2D eigenvalue weighted by molar-refractivity contribution is -0.141. The molecule has 0 spiro atoms. The largest absolute Gasteiger partial charge is 0.508 e. The highest BCUT2D eigenvalue weighted by atomic mass is 16.4. The van der Waals surface area contributed by atoms with E-state index in [1.807, 2.05) is 48.5 Å². The molecule has 3 unspecified atom stereocenters. The zero-order valence-electron chi connectivity index (χ0n) is 22.8. The van der Waals surface area contributed by atoms with Gasteiger partial charge in [0, 0.05) is 18.0 Å². The van der Waals surface area contributed by atoms with Gasteiger partial charge in [0.2, 0.25) is 11.8 Å². The van der Waals surface area contributed by atoms with Crippen LogP contribution in [0.5, 0.6) is 5.75 Å². The van der Waals surface area contributed by atoms with Gasteiger partial charge in [-0.05, 0) is 43.0 Å². The molecule has 1 aromatic carbocycles. The number of carboxylic acids is 1. The van der Waals surface area contributed by atoms with Crippen LogP contribution in [0.3, 0.4) is 0 Å². The van der Waals surface area contributed by atoms with Crippen LogP contribution in [0.1, 0.15) is 61.0 Å². The first-order valence-electron chi connectivity index (χ1n) is 11.9. The number of carboxylic acid groups (broad SMARTS) is 1. The summed E-state index contributed by atoms with van der Waals surface area (Å²) in [4.78, 5) is 40.1. The van der Waals surface area contributed by atoms with Gasteiger partial charge >= 0.3 is 5.97 Å². The predicted octanol–water partition coefficient (Wildman–Crippen LogP) is 3.30. The first kappa shape index (κ1) is 30.2. The van der Waals surface area contributed by atoms with E-state index in [9.17, 15) is 24.6 Å². The highest BCUT2D eigenvalue weighted by Gasteiger charge is 2.41. The molecule has 35 heavy (non-hydrogen) atoms. The van der Waals surface area contributed by atoms with Crippen molar-refractivity contribution in [2.75, 3.05) is 14.1 Å². The summed E-state index contributed by atoms with van der Waals surface area (Å²) in [7, 11) is 3.33. The third-order valence-corrected chi connectivity index (χ3v) is 6.52. The van der Waals surface area contributed by atoms with Gasteiger partial charge in [-0.2, -0.15) is 0 Å². The second-order valence-electron chi connectivity index (χ2n) is 11.1. The Kier molecular flexibility index (Phi) is 10.1. The monoisotopic (exact) mass is 489 g/mol. The van der Waals surface area contributed by atoms with E-state index in [0.717, 1.165) is 5.56 Å². The Labute approximate surface area is 209 Å². The Bertz CT molecular complexity index is 929. The predicted molar refractivity (Wildman–Crippen MR) is 138 cm³/mol. The van der Waals surface area contributed by atoms with Crippen molar-refractivity contribution < 1.29 is 24.6 Å². The minimum atomic E-state index is -1.04.